The predicted molar refractivity (Wildman–Crippen MR) is 64.7 cm³/mol. The Balaban J connectivity index is 2.81. The van der Waals surface area contributed by atoms with Crippen LogP contribution in [0.4, 0.5) is 5.82 Å². The Bertz CT molecular complexity index is 294. The summed E-state index contributed by atoms with van der Waals surface area (Å²) in [4.78, 5) is 10.9. The van der Waals surface area contributed by atoms with Gasteiger partial charge in [-0.1, -0.05) is 0 Å². The molecule has 0 aliphatic rings. The lowest BCUT2D eigenvalue weighted by atomic mass is 10.3. The molecular formula is C11H18ClN3. The van der Waals surface area contributed by atoms with Gasteiger partial charge in [0.25, 0.3) is 0 Å². The van der Waals surface area contributed by atoms with Crippen LogP contribution in [-0.2, 0) is 0 Å². The predicted octanol–water partition coefficient (Wildman–Crippen LogP) is 2.55. The molecule has 1 rings (SSSR count). The fraction of sp³-hybridized carbons (Fsp3) is 0.636. The molecule has 0 aliphatic heterocycles. The third kappa shape index (κ3) is 3.67. The van der Waals surface area contributed by atoms with Crippen LogP contribution in [0.25, 0.3) is 0 Å². The largest absolute Gasteiger partial charge is 0.357 e. The number of hydrogen-bond donors (Lipinski definition) is 0. The molecule has 0 amide bonds. The standard InChI is InChI=1S/C11H18ClN3/c1-4-15(7-5-6-12)11-8-9(2)13-10(3)14-11/h8H,4-7H2,1-3H3. The zero-order chi connectivity index (χ0) is 11.3. The number of alkyl halides is 1. The first-order valence-electron chi connectivity index (χ1n) is 5.30. The van der Waals surface area contributed by atoms with Gasteiger partial charge in [0.05, 0.1) is 0 Å². The van der Waals surface area contributed by atoms with Gasteiger partial charge in [-0.25, -0.2) is 9.97 Å². The maximum atomic E-state index is 5.69. The first-order chi connectivity index (χ1) is 7.17. The minimum Gasteiger partial charge on any atom is -0.357 e. The van der Waals surface area contributed by atoms with Crippen molar-refractivity contribution < 1.29 is 0 Å². The highest BCUT2D eigenvalue weighted by Crippen LogP contribution is 2.12. The van der Waals surface area contributed by atoms with E-state index >= 15 is 0 Å². The molecule has 0 N–H and O–H groups in total. The highest BCUT2D eigenvalue weighted by molar-refractivity contribution is 6.17. The van der Waals surface area contributed by atoms with Crippen molar-refractivity contribution in [3.8, 4) is 0 Å². The summed E-state index contributed by atoms with van der Waals surface area (Å²) in [5.41, 5.74) is 1.02. The lowest BCUT2D eigenvalue weighted by Gasteiger charge is -2.21. The Hall–Kier alpha value is -0.830. The highest BCUT2D eigenvalue weighted by atomic mass is 35.5. The van der Waals surface area contributed by atoms with Gasteiger partial charge in [0.15, 0.2) is 0 Å². The van der Waals surface area contributed by atoms with Gasteiger partial charge in [0.1, 0.15) is 11.6 Å². The molecule has 3 nitrogen and oxygen atoms in total. The molecule has 0 bridgehead atoms. The zero-order valence-corrected chi connectivity index (χ0v) is 10.4. The van der Waals surface area contributed by atoms with Crippen molar-refractivity contribution in [3.63, 3.8) is 0 Å². The van der Waals surface area contributed by atoms with Crippen molar-refractivity contribution in [2.45, 2.75) is 27.2 Å². The van der Waals surface area contributed by atoms with Crippen molar-refractivity contribution in [2.75, 3.05) is 23.9 Å². The fourth-order valence-corrected chi connectivity index (χ4v) is 1.66. The molecule has 0 spiro atoms. The van der Waals surface area contributed by atoms with Crippen molar-refractivity contribution in [1.29, 1.82) is 0 Å². The molecule has 15 heavy (non-hydrogen) atoms. The summed E-state index contributed by atoms with van der Waals surface area (Å²) in [5.74, 6) is 2.53. The van der Waals surface area contributed by atoms with Crippen molar-refractivity contribution in [1.82, 2.24) is 9.97 Å². The summed E-state index contributed by atoms with van der Waals surface area (Å²) in [7, 11) is 0. The van der Waals surface area contributed by atoms with E-state index in [2.05, 4.69) is 21.8 Å². The second kappa shape index (κ2) is 5.91. The van der Waals surface area contributed by atoms with Gasteiger partial charge in [-0.05, 0) is 27.2 Å². The van der Waals surface area contributed by atoms with Gasteiger partial charge >= 0.3 is 0 Å². The van der Waals surface area contributed by atoms with E-state index < -0.39 is 0 Å². The molecule has 1 aromatic rings. The first kappa shape index (κ1) is 12.2. The van der Waals surface area contributed by atoms with Crippen LogP contribution in [0.5, 0.6) is 0 Å². The Morgan fingerprint density at radius 1 is 1.33 bits per heavy atom. The first-order valence-corrected chi connectivity index (χ1v) is 5.84. The molecule has 0 aromatic carbocycles. The quantitative estimate of drug-likeness (QED) is 0.724. The van der Waals surface area contributed by atoms with E-state index in [9.17, 15) is 0 Å². The smallest absolute Gasteiger partial charge is 0.132 e. The van der Waals surface area contributed by atoms with Crippen molar-refractivity contribution in [3.05, 3.63) is 17.6 Å². The third-order valence-corrected chi connectivity index (χ3v) is 2.49. The number of hydrogen-bond acceptors (Lipinski definition) is 3. The minimum absolute atomic E-state index is 0.694. The van der Waals surface area contributed by atoms with Gasteiger partial charge in [-0.2, -0.15) is 0 Å². The molecule has 4 heteroatoms. The van der Waals surface area contributed by atoms with E-state index in [0.717, 1.165) is 36.8 Å². The molecule has 1 heterocycles. The van der Waals surface area contributed by atoms with Crippen molar-refractivity contribution >= 4 is 17.4 Å². The molecule has 0 saturated heterocycles. The van der Waals surface area contributed by atoms with Gasteiger partial charge in [-0.3, -0.25) is 0 Å². The van der Waals surface area contributed by atoms with E-state index in [1.807, 2.05) is 19.9 Å². The Labute approximate surface area is 96.5 Å². The van der Waals surface area contributed by atoms with Gasteiger partial charge in [0, 0.05) is 30.7 Å². The van der Waals surface area contributed by atoms with Crippen LogP contribution in [0, 0.1) is 13.8 Å². The van der Waals surface area contributed by atoms with Gasteiger partial charge < -0.3 is 4.90 Å². The van der Waals surface area contributed by atoms with E-state index in [4.69, 9.17) is 11.6 Å². The topological polar surface area (TPSA) is 29.0 Å². The number of anilines is 1. The van der Waals surface area contributed by atoms with Crippen LogP contribution < -0.4 is 4.90 Å². The molecule has 0 radical (unpaired) electrons. The lowest BCUT2D eigenvalue weighted by molar-refractivity contribution is 0.773. The number of nitrogens with zero attached hydrogens (tertiary/aromatic N) is 3. The van der Waals surface area contributed by atoms with Crippen LogP contribution in [0.3, 0.4) is 0 Å². The summed E-state index contributed by atoms with van der Waals surface area (Å²) < 4.78 is 0. The van der Waals surface area contributed by atoms with Crippen molar-refractivity contribution in [2.24, 2.45) is 0 Å². The summed E-state index contributed by atoms with van der Waals surface area (Å²) in [5, 5.41) is 0. The van der Waals surface area contributed by atoms with E-state index in [0.29, 0.717) is 5.88 Å². The number of rotatable bonds is 5. The Kier molecular flexibility index (Phi) is 4.82. The van der Waals surface area contributed by atoms with E-state index in [1.165, 1.54) is 0 Å². The number of aromatic nitrogens is 2. The van der Waals surface area contributed by atoms with Crippen LogP contribution >= 0.6 is 11.6 Å². The summed E-state index contributed by atoms with van der Waals surface area (Å²) in [6.07, 6.45) is 0.984. The second-order valence-electron chi connectivity index (χ2n) is 3.54. The average molecular weight is 228 g/mol. The minimum atomic E-state index is 0.694. The van der Waals surface area contributed by atoms with E-state index in [-0.39, 0.29) is 0 Å². The Morgan fingerprint density at radius 3 is 2.60 bits per heavy atom. The SMILES string of the molecule is CCN(CCCCl)c1cc(C)nc(C)n1. The molecular weight excluding hydrogens is 210 g/mol. The second-order valence-corrected chi connectivity index (χ2v) is 3.91. The maximum absolute atomic E-state index is 5.69. The summed E-state index contributed by atoms with van der Waals surface area (Å²) in [6.45, 7) is 7.95. The third-order valence-electron chi connectivity index (χ3n) is 2.22. The molecule has 0 saturated carbocycles. The molecule has 0 aliphatic carbocycles. The van der Waals surface area contributed by atoms with Gasteiger partial charge in [0.2, 0.25) is 0 Å². The number of aryl methyl sites for hydroxylation is 2. The molecule has 1 aromatic heterocycles. The van der Waals surface area contributed by atoms with Gasteiger partial charge in [-0.15, -0.1) is 11.6 Å². The Morgan fingerprint density at radius 2 is 2.07 bits per heavy atom. The summed E-state index contributed by atoms with van der Waals surface area (Å²) in [6, 6.07) is 2.02. The maximum Gasteiger partial charge on any atom is 0.132 e. The van der Waals surface area contributed by atoms with Crippen LogP contribution in [0.2, 0.25) is 0 Å². The van der Waals surface area contributed by atoms with Crippen LogP contribution in [-0.4, -0.2) is 28.9 Å². The van der Waals surface area contributed by atoms with Crippen LogP contribution in [0.15, 0.2) is 6.07 Å². The summed E-state index contributed by atoms with van der Waals surface area (Å²) >= 11 is 5.69. The molecule has 0 atom stereocenters. The molecule has 84 valence electrons. The zero-order valence-electron chi connectivity index (χ0n) is 9.63. The van der Waals surface area contributed by atoms with E-state index in [1.54, 1.807) is 0 Å². The lowest BCUT2D eigenvalue weighted by Crippen LogP contribution is -2.25. The average Bonchev–Trinajstić information content (AvgIpc) is 2.17. The number of halogens is 1. The fourth-order valence-electron chi connectivity index (χ4n) is 1.54. The van der Waals surface area contributed by atoms with Crippen LogP contribution in [0.1, 0.15) is 24.9 Å². The molecule has 0 unspecified atom stereocenters. The molecule has 0 fully saturated rings. The monoisotopic (exact) mass is 227 g/mol. The normalized spacial score (nSPS) is 10.4. The highest BCUT2D eigenvalue weighted by Gasteiger charge is 2.06.